The van der Waals surface area contributed by atoms with E-state index in [1.807, 2.05) is 4.90 Å². The Morgan fingerprint density at radius 1 is 1.08 bits per heavy atom. The zero-order chi connectivity index (χ0) is 17.8. The third kappa shape index (κ3) is 4.13. The van der Waals surface area contributed by atoms with Gasteiger partial charge in [-0.25, -0.2) is 9.37 Å². The molecule has 2 aromatic rings. The Hall–Kier alpha value is -1.77. The van der Waals surface area contributed by atoms with Crippen LogP contribution in [0.3, 0.4) is 0 Å². The van der Waals surface area contributed by atoms with Crippen LogP contribution < -0.4 is 9.80 Å². The highest BCUT2D eigenvalue weighted by Crippen LogP contribution is 2.21. The molecule has 26 heavy (non-hydrogen) atoms. The van der Waals surface area contributed by atoms with E-state index in [9.17, 15) is 4.39 Å². The molecular weight excluding hydrogens is 353 g/mol. The summed E-state index contributed by atoms with van der Waals surface area (Å²) in [7, 11) is 0. The number of rotatable bonds is 4. The maximum absolute atomic E-state index is 14.2. The first kappa shape index (κ1) is 17.6. The molecule has 4 heterocycles. The van der Waals surface area contributed by atoms with E-state index in [1.54, 1.807) is 11.3 Å². The van der Waals surface area contributed by atoms with Crippen molar-refractivity contribution in [3.8, 4) is 0 Å². The Labute approximate surface area is 157 Å². The number of halogens is 1. The summed E-state index contributed by atoms with van der Waals surface area (Å²) in [6, 6.07) is 4.29. The molecule has 0 aromatic carbocycles. The number of hydrogen-bond donors (Lipinski definition) is 0. The van der Waals surface area contributed by atoms with Gasteiger partial charge in [-0.05, 0) is 17.9 Å². The van der Waals surface area contributed by atoms with Gasteiger partial charge in [0.15, 0.2) is 11.6 Å². The van der Waals surface area contributed by atoms with Gasteiger partial charge in [-0.1, -0.05) is 6.07 Å². The van der Waals surface area contributed by atoms with E-state index >= 15 is 0 Å². The van der Waals surface area contributed by atoms with E-state index in [1.165, 1.54) is 11.1 Å². The van der Waals surface area contributed by atoms with Crippen molar-refractivity contribution >= 4 is 23.1 Å². The van der Waals surface area contributed by atoms with Crippen molar-refractivity contribution in [2.45, 2.75) is 13.0 Å². The van der Waals surface area contributed by atoms with Gasteiger partial charge in [0.25, 0.3) is 0 Å². The van der Waals surface area contributed by atoms with Gasteiger partial charge in [0.1, 0.15) is 0 Å². The molecule has 6 nitrogen and oxygen atoms in total. The van der Waals surface area contributed by atoms with Crippen molar-refractivity contribution in [1.29, 1.82) is 0 Å². The van der Waals surface area contributed by atoms with Gasteiger partial charge in [-0.2, -0.15) is 4.98 Å². The second kappa shape index (κ2) is 8.28. The summed E-state index contributed by atoms with van der Waals surface area (Å²) in [4.78, 5) is 16.8. The summed E-state index contributed by atoms with van der Waals surface area (Å²) in [5.41, 5.74) is 0. The summed E-state index contributed by atoms with van der Waals surface area (Å²) in [5.74, 6) is 0.675. The maximum Gasteiger partial charge on any atom is 0.227 e. The number of anilines is 2. The van der Waals surface area contributed by atoms with Crippen molar-refractivity contribution in [2.24, 2.45) is 0 Å². The average Bonchev–Trinajstić information content (AvgIpc) is 3.07. The Kier molecular flexibility index (Phi) is 5.62. The number of hydrogen-bond acceptors (Lipinski definition) is 7. The lowest BCUT2D eigenvalue weighted by Crippen LogP contribution is -2.38. The number of ether oxygens (including phenoxy) is 1. The fourth-order valence-electron chi connectivity index (χ4n) is 3.45. The Balaban J connectivity index is 1.43. The molecule has 4 rings (SSSR count). The van der Waals surface area contributed by atoms with Crippen LogP contribution in [0.1, 0.15) is 11.3 Å². The van der Waals surface area contributed by atoms with Gasteiger partial charge in [0, 0.05) is 50.7 Å². The standard InChI is InChI=1S/C18H24FN5OS/c19-16-13-20-18(21-17(16)23-8-10-25-11-9-23)24-5-2-4-22(6-7-24)14-15-3-1-12-26-15/h1,3,12-13H,2,4-11,14H2. The third-order valence-electron chi connectivity index (χ3n) is 4.85. The second-order valence-corrected chi connectivity index (χ2v) is 7.67. The summed E-state index contributed by atoms with van der Waals surface area (Å²) >= 11 is 1.80. The van der Waals surface area contributed by atoms with E-state index in [0.29, 0.717) is 38.1 Å². The van der Waals surface area contributed by atoms with Gasteiger partial charge in [-0.3, -0.25) is 4.90 Å². The highest BCUT2D eigenvalue weighted by Gasteiger charge is 2.22. The minimum atomic E-state index is -0.357. The van der Waals surface area contributed by atoms with Crippen LogP contribution in [-0.2, 0) is 11.3 Å². The molecule has 2 fully saturated rings. The van der Waals surface area contributed by atoms with Crippen LogP contribution in [0, 0.1) is 5.82 Å². The Morgan fingerprint density at radius 2 is 1.96 bits per heavy atom. The van der Waals surface area contributed by atoms with Crippen LogP contribution in [0.2, 0.25) is 0 Å². The topological polar surface area (TPSA) is 44.7 Å². The predicted octanol–water partition coefficient (Wildman–Crippen LogP) is 2.23. The number of thiophene rings is 1. The van der Waals surface area contributed by atoms with Gasteiger partial charge >= 0.3 is 0 Å². The second-order valence-electron chi connectivity index (χ2n) is 6.64. The molecule has 2 aliphatic heterocycles. The van der Waals surface area contributed by atoms with Gasteiger partial charge in [0.05, 0.1) is 19.4 Å². The molecule has 0 spiro atoms. The maximum atomic E-state index is 14.2. The van der Waals surface area contributed by atoms with Crippen molar-refractivity contribution < 1.29 is 9.13 Å². The molecule has 140 valence electrons. The molecule has 0 amide bonds. The van der Waals surface area contributed by atoms with E-state index < -0.39 is 0 Å². The van der Waals surface area contributed by atoms with E-state index in [4.69, 9.17) is 4.74 Å². The van der Waals surface area contributed by atoms with Crippen molar-refractivity contribution in [3.63, 3.8) is 0 Å². The van der Waals surface area contributed by atoms with Crippen LogP contribution in [-0.4, -0.2) is 67.4 Å². The highest BCUT2D eigenvalue weighted by atomic mass is 32.1. The summed E-state index contributed by atoms with van der Waals surface area (Å²) in [5, 5.41) is 2.12. The molecule has 0 aliphatic carbocycles. The molecule has 2 aromatic heterocycles. The molecule has 0 radical (unpaired) electrons. The minimum absolute atomic E-state index is 0.357. The van der Waals surface area contributed by atoms with Crippen LogP contribution in [0.4, 0.5) is 16.2 Å². The first-order valence-electron chi connectivity index (χ1n) is 9.14. The Morgan fingerprint density at radius 3 is 2.77 bits per heavy atom. The molecule has 0 unspecified atom stereocenters. The fourth-order valence-corrected chi connectivity index (χ4v) is 4.20. The quantitative estimate of drug-likeness (QED) is 0.814. The van der Waals surface area contributed by atoms with Crippen LogP contribution >= 0.6 is 11.3 Å². The van der Waals surface area contributed by atoms with E-state index in [2.05, 4.69) is 37.3 Å². The monoisotopic (exact) mass is 377 g/mol. The van der Waals surface area contributed by atoms with Crippen LogP contribution in [0.25, 0.3) is 0 Å². The first-order valence-corrected chi connectivity index (χ1v) is 10.0. The minimum Gasteiger partial charge on any atom is -0.378 e. The number of aromatic nitrogens is 2. The van der Waals surface area contributed by atoms with E-state index in [-0.39, 0.29) is 5.82 Å². The molecule has 2 saturated heterocycles. The first-order chi connectivity index (χ1) is 12.8. The summed E-state index contributed by atoms with van der Waals surface area (Å²) in [6.07, 6.45) is 2.36. The zero-order valence-electron chi connectivity index (χ0n) is 14.8. The van der Waals surface area contributed by atoms with Crippen molar-refractivity contribution in [1.82, 2.24) is 14.9 Å². The molecule has 0 atom stereocenters. The Bertz CT molecular complexity index is 708. The largest absolute Gasteiger partial charge is 0.378 e. The molecule has 0 bridgehead atoms. The van der Waals surface area contributed by atoms with E-state index in [0.717, 1.165) is 39.1 Å². The SMILES string of the molecule is Fc1cnc(N2CCCN(Cc3cccs3)CC2)nc1N1CCOCC1. The average molecular weight is 377 g/mol. The molecule has 8 heteroatoms. The van der Waals surface area contributed by atoms with Gasteiger partial charge in [0.2, 0.25) is 5.95 Å². The third-order valence-corrected chi connectivity index (χ3v) is 5.72. The van der Waals surface area contributed by atoms with Crippen molar-refractivity contribution in [3.05, 3.63) is 34.4 Å². The molecule has 2 aliphatic rings. The van der Waals surface area contributed by atoms with Crippen LogP contribution in [0.5, 0.6) is 0 Å². The lowest BCUT2D eigenvalue weighted by molar-refractivity contribution is 0.122. The van der Waals surface area contributed by atoms with Gasteiger partial charge in [-0.15, -0.1) is 11.3 Å². The zero-order valence-corrected chi connectivity index (χ0v) is 15.6. The predicted molar refractivity (Wildman–Crippen MR) is 101 cm³/mol. The summed E-state index contributed by atoms with van der Waals surface area (Å²) in [6.45, 7) is 7.34. The number of morpholine rings is 1. The van der Waals surface area contributed by atoms with Gasteiger partial charge < -0.3 is 14.5 Å². The molecule has 0 N–H and O–H groups in total. The van der Waals surface area contributed by atoms with Crippen molar-refractivity contribution in [2.75, 3.05) is 62.3 Å². The lowest BCUT2D eigenvalue weighted by atomic mass is 10.3. The summed E-state index contributed by atoms with van der Waals surface area (Å²) < 4.78 is 19.6. The highest BCUT2D eigenvalue weighted by molar-refractivity contribution is 7.09. The molecular formula is C18H24FN5OS. The lowest BCUT2D eigenvalue weighted by Gasteiger charge is -2.29. The van der Waals surface area contributed by atoms with Crippen LogP contribution in [0.15, 0.2) is 23.7 Å². The normalized spacial score (nSPS) is 19.6. The molecule has 0 saturated carbocycles. The smallest absolute Gasteiger partial charge is 0.227 e. The fraction of sp³-hybridized carbons (Fsp3) is 0.556. The number of nitrogens with zero attached hydrogens (tertiary/aromatic N) is 5.